The molecular formula is C8H14O2. The molecular weight excluding hydrogens is 128 g/mol. The Labute approximate surface area is 61.9 Å². The summed E-state index contributed by atoms with van der Waals surface area (Å²) in [6, 6.07) is 0. The monoisotopic (exact) mass is 142 g/mol. The second-order valence-corrected chi connectivity index (χ2v) is 1.91. The molecule has 0 aromatic heterocycles. The highest BCUT2D eigenvalue weighted by Gasteiger charge is 2.04. The second kappa shape index (κ2) is 5.03. The lowest BCUT2D eigenvalue weighted by Crippen LogP contribution is -2.08. The molecule has 0 radical (unpaired) electrons. The summed E-state index contributed by atoms with van der Waals surface area (Å²) in [5.74, 6) is -0.200. The highest BCUT2D eigenvalue weighted by atomic mass is 16.5. The molecule has 0 atom stereocenters. The van der Waals surface area contributed by atoms with Gasteiger partial charge in [-0.1, -0.05) is 19.4 Å². The minimum Gasteiger partial charge on any atom is -0.462 e. The van der Waals surface area contributed by atoms with Gasteiger partial charge in [-0.15, -0.1) is 0 Å². The van der Waals surface area contributed by atoms with Gasteiger partial charge in [0.1, 0.15) is 0 Å². The predicted molar refractivity (Wildman–Crippen MR) is 40.7 cm³/mol. The molecule has 10 heavy (non-hydrogen) atoms. The SMILES string of the molecule is CC.CC1=CC(=O)OCC1. The Hall–Kier alpha value is -0.790. The number of carbonyl (C=O) groups excluding carboxylic acids is 1. The Bertz CT molecular complexity index is 136. The lowest BCUT2D eigenvalue weighted by Gasteiger charge is -2.07. The summed E-state index contributed by atoms with van der Waals surface area (Å²) in [4.78, 5) is 10.4. The average Bonchev–Trinajstić information content (AvgIpc) is 1.91. The number of esters is 1. The molecule has 0 N–H and O–H groups in total. The molecule has 1 heterocycles. The van der Waals surface area contributed by atoms with Gasteiger partial charge in [-0.3, -0.25) is 0 Å². The molecule has 0 bridgehead atoms. The van der Waals surface area contributed by atoms with Crippen molar-refractivity contribution in [2.45, 2.75) is 27.2 Å². The molecule has 58 valence electrons. The fourth-order valence-electron chi connectivity index (χ4n) is 0.628. The summed E-state index contributed by atoms with van der Waals surface area (Å²) in [6.07, 6.45) is 2.43. The molecule has 0 aliphatic carbocycles. The zero-order valence-electron chi connectivity index (χ0n) is 6.81. The molecule has 0 aromatic carbocycles. The van der Waals surface area contributed by atoms with E-state index >= 15 is 0 Å². The summed E-state index contributed by atoms with van der Waals surface area (Å²) in [7, 11) is 0. The van der Waals surface area contributed by atoms with Gasteiger partial charge in [0.2, 0.25) is 0 Å². The highest BCUT2D eigenvalue weighted by Crippen LogP contribution is 2.05. The van der Waals surface area contributed by atoms with Crippen LogP contribution in [0.3, 0.4) is 0 Å². The lowest BCUT2D eigenvalue weighted by molar-refractivity contribution is -0.138. The molecule has 2 heteroatoms. The van der Waals surface area contributed by atoms with Gasteiger partial charge >= 0.3 is 5.97 Å². The van der Waals surface area contributed by atoms with Gasteiger partial charge in [-0.25, -0.2) is 4.79 Å². The van der Waals surface area contributed by atoms with Crippen molar-refractivity contribution in [3.63, 3.8) is 0 Å². The van der Waals surface area contributed by atoms with Crippen molar-refractivity contribution in [1.29, 1.82) is 0 Å². The van der Waals surface area contributed by atoms with Gasteiger partial charge in [-0.05, 0) is 6.92 Å². The molecule has 0 unspecified atom stereocenters. The van der Waals surface area contributed by atoms with Crippen molar-refractivity contribution in [2.75, 3.05) is 6.61 Å². The quantitative estimate of drug-likeness (QED) is 0.483. The number of carbonyl (C=O) groups is 1. The molecule has 0 spiro atoms. The lowest BCUT2D eigenvalue weighted by atomic mass is 10.2. The first-order chi connectivity index (χ1) is 4.79. The Balaban J connectivity index is 0.000000371. The Morgan fingerprint density at radius 2 is 2.10 bits per heavy atom. The van der Waals surface area contributed by atoms with Gasteiger partial charge in [0.25, 0.3) is 0 Å². The Morgan fingerprint density at radius 1 is 1.50 bits per heavy atom. The normalized spacial score (nSPS) is 16.3. The number of cyclic esters (lactones) is 1. The predicted octanol–water partition coefficient (Wildman–Crippen LogP) is 1.91. The molecule has 0 saturated heterocycles. The third-order valence-electron chi connectivity index (χ3n) is 1.10. The van der Waals surface area contributed by atoms with E-state index in [2.05, 4.69) is 4.74 Å². The van der Waals surface area contributed by atoms with Crippen LogP contribution >= 0.6 is 0 Å². The minimum absolute atomic E-state index is 0.200. The maximum absolute atomic E-state index is 10.4. The molecule has 0 amide bonds. The van der Waals surface area contributed by atoms with E-state index in [0.29, 0.717) is 6.61 Å². The summed E-state index contributed by atoms with van der Waals surface area (Å²) >= 11 is 0. The first-order valence-electron chi connectivity index (χ1n) is 3.63. The van der Waals surface area contributed by atoms with Gasteiger partial charge in [-0.2, -0.15) is 0 Å². The van der Waals surface area contributed by atoms with Crippen molar-refractivity contribution < 1.29 is 9.53 Å². The molecule has 1 aliphatic rings. The third kappa shape index (κ3) is 3.28. The second-order valence-electron chi connectivity index (χ2n) is 1.91. The molecule has 0 saturated carbocycles. The van der Waals surface area contributed by atoms with Gasteiger partial charge in [0.05, 0.1) is 6.61 Å². The molecule has 0 aromatic rings. The van der Waals surface area contributed by atoms with E-state index < -0.39 is 0 Å². The fraction of sp³-hybridized carbons (Fsp3) is 0.625. The third-order valence-corrected chi connectivity index (χ3v) is 1.10. The van der Waals surface area contributed by atoms with Crippen LogP contribution in [-0.4, -0.2) is 12.6 Å². The molecule has 0 fully saturated rings. The van der Waals surface area contributed by atoms with E-state index in [1.165, 1.54) is 6.08 Å². The standard InChI is InChI=1S/C6H8O2.C2H6/c1-5-2-3-8-6(7)4-5;1-2/h4H,2-3H2,1H3;1-2H3. The molecule has 1 rings (SSSR count). The molecule has 2 nitrogen and oxygen atoms in total. The number of hydrogen-bond acceptors (Lipinski definition) is 2. The van der Waals surface area contributed by atoms with Crippen LogP contribution in [0.25, 0.3) is 0 Å². The first-order valence-corrected chi connectivity index (χ1v) is 3.63. The van der Waals surface area contributed by atoms with Crippen LogP contribution in [0, 0.1) is 0 Å². The average molecular weight is 142 g/mol. The maximum atomic E-state index is 10.4. The van der Waals surface area contributed by atoms with Gasteiger partial charge < -0.3 is 4.74 Å². The summed E-state index contributed by atoms with van der Waals surface area (Å²) in [5.41, 5.74) is 1.11. The summed E-state index contributed by atoms with van der Waals surface area (Å²) < 4.78 is 4.63. The van der Waals surface area contributed by atoms with E-state index in [1.807, 2.05) is 20.8 Å². The van der Waals surface area contributed by atoms with Gasteiger partial charge in [0.15, 0.2) is 0 Å². The van der Waals surface area contributed by atoms with E-state index in [-0.39, 0.29) is 5.97 Å². The van der Waals surface area contributed by atoms with E-state index in [4.69, 9.17) is 0 Å². The van der Waals surface area contributed by atoms with Gasteiger partial charge in [0, 0.05) is 12.5 Å². The summed E-state index contributed by atoms with van der Waals surface area (Å²) in [6.45, 7) is 6.49. The van der Waals surface area contributed by atoms with Crippen LogP contribution in [-0.2, 0) is 9.53 Å². The van der Waals surface area contributed by atoms with Crippen LogP contribution in [0.1, 0.15) is 27.2 Å². The molecule has 1 aliphatic heterocycles. The van der Waals surface area contributed by atoms with Crippen LogP contribution in [0.5, 0.6) is 0 Å². The van der Waals surface area contributed by atoms with Crippen LogP contribution in [0.4, 0.5) is 0 Å². The van der Waals surface area contributed by atoms with Crippen molar-refractivity contribution in [2.24, 2.45) is 0 Å². The summed E-state index contributed by atoms with van der Waals surface area (Å²) in [5, 5.41) is 0. The zero-order chi connectivity index (χ0) is 7.98. The Morgan fingerprint density at radius 3 is 2.40 bits per heavy atom. The largest absolute Gasteiger partial charge is 0.462 e. The number of rotatable bonds is 0. The van der Waals surface area contributed by atoms with Crippen molar-refractivity contribution in [1.82, 2.24) is 0 Å². The van der Waals surface area contributed by atoms with E-state index in [1.54, 1.807) is 0 Å². The van der Waals surface area contributed by atoms with E-state index in [9.17, 15) is 4.79 Å². The Kier molecular flexibility index (Phi) is 4.63. The van der Waals surface area contributed by atoms with Crippen molar-refractivity contribution in [3.8, 4) is 0 Å². The zero-order valence-corrected chi connectivity index (χ0v) is 6.81. The smallest absolute Gasteiger partial charge is 0.330 e. The van der Waals surface area contributed by atoms with Crippen molar-refractivity contribution in [3.05, 3.63) is 11.6 Å². The van der Waals surface area contributed by atoms with Crippen LogP contribution in [0.2, 0.25) is 0 Å². The minimum atomic E-state index is -0.200. The number of hydrogen-bond donors (Lipinski definition) is 0. The maximum Gasteiger partial charge on any atom is 0.330 e. The van der Waals surface area contributed by atoms with Crippen LogP contribution in [0.15, 0.2) is 11.6 Å². The highest BCUT2D eigenvalue weighted by molar-refractivity contribution is 5.83. The van der Waals surface area contributed by atoms with Crippen molar-refractivity contribution >= 4 is 5.97 Å². The van der Waals surface area contributed by atoms with E-state index in [0.717, 1.165) is 12.0 Å². The first kappa shape index (κ1) is 9.21. The fourth-order valence-corrected chi connectivity index (χ4v) is 0.628. The van der Waals surface area contributed by atoms with Crippen LogP contribution < -0.4 is 0 Å². The topological polar surface area (TPSA) is 26.3 Å². The number of ether oxygens (including phenoxy) is 1.